The molecular formula is C12H14N2O2. The number of hydrogen-bond donors (Lipinski definition) is 1. The summed E-state index contributed by atoms with van der Waals surface area (Å²) in [6.07, 6.45) is 2.37. The van der Waals surface area contributed by atoms with Crippen molar-refractivity contribution in [2.45, 2.75) is 18.9 Å². The fraction of sp³-hybridized carbons (Fsp3) is 0.417. The van der Waals surface area contributed by atoms with Crippen LogP contribution in [0.15, 0.2) is 22.6 Å². The van der Waals surface area contributed by atoms with Crippen LogP contribution in [-0.4, -0.2) is 12.1 Å². The summed E-state index contributed by atoms with van der Waals surface area (Å²) >= 11 is 0. The van der Waals surface area contributed by atoms with Crippen LogP contribution in [0.2, 0.25) is 0 Å². The minimum Gasteiger partial charge on any atom is -0.497 e. The summed E-state index contributed by atoms with van der Waals surface area (Å²) in [5.74, 6) is 1.98. The van der Waals surface area contributed by atoms with Gasteiger partial charge in [0.1, 0.15) is 11.3 Å². The zero-order valence-corrected chi connectivity index (χ0v) is 9.14. The van der Waals surface area contributed by atoms with Gasteiger partial charge in [-0.3, -0.25) is 0 Å². The average molecular weight is 218 g/mol. The summed E-state index contributed by atoms with van der Waals surface area (Å²) in [4.78, 5) is 4.41. The van der Waals surface area contributed by atoms with Crippen molar-refractivity contribution in [3.63, 3.8) is 0 Å². The van der Waals surface area contributed by atoms with E-state index in [1.54, 1.807) is 7.11 Å². The van der Waals surface area contributed by atoms with E-state index in [-0.39, 0.29) is 6.04 Å². The van der Waals surface area contributed by atoms with Crippen molar-refractivity contribution in [3.05, 3.63) is 24.1 Å². The normalized spacial score (nSPS) is 17.6. The highest BCUT2D eigenvalue weighted by Crippen LogP contribution is 2.39. The van der Waals surface area contributed by atoms with Crippen LogP contribution in [0.5, 0.6) is 5.75 Å². The molecule has 4 nitrogen and oxygen atoms in total. The highest BCUT2D eigenvalue weighted by molar-refractivity contribution is 5.74. The predicted octanol–water partition coefficient (Wildman–Crippen LogP) is 2.25. The van der Waals surface area contributed by atoms with E-state index in [0.717, 1.165) is 16.8 Å². The molecule has 1 atom stereocenters. The van der Waals surface area contributed by atoms with Crippen molar-refractivity contribution in [1.82, 2.24) is 4.98 Å². The summed E-state index contributed by atoms with van der Waals surface area (Å²) in [7, 11) is 1.64. The van der Waals surface area contributed by atoms with Gasteiger partial charge in [0.25, 0.3) is 0 Å². The standard InChI is InChI=1S/C12H14N2O2/c1-15-8-4-5-10-9(6-8)14-12(16-10)11(13)7-2-3-7/h4-7,11H,2-3,13H2,1H3. The summed E-state index contributed by atoms with van der Waals surface area (Å²) in [5, 5.41) is 0. The lowest BCUT2D eigenvalue weighted by atomic mass is 10.2. The zero-order valence-electron chi connectivity index (χ0n) is 9.14. The second-order valence-electron chi connectivity index (χ2n) is 4.25. The van der Waals surface area contributed by atoms with Gasteiger partial charge in [0.05, 0.1) is 13.2 Å². The number of benzene rings is 1. The number of nitrogens with two attached hydrogens (primary N) is 1. The first-order valence-corrected chi connectivity index (χ1v) is 5.48. The van der Waals surface area contributed by atoms with Crippen LogP contribution in [0.4, 0.5) is 0 Å². The summed E-state index contributed by atoms with van der Waals surface area (Å²) in [6.45, 7) is 0. The van der Waals surface area contributed by atoms with Gasteiger partial charge in [-0.2, -0.15) is 0 Å². The van der Waals surface area contributed by atoms with E-state index in [9.17, 15) is 0 Å². The lowest BCUT2D eigenvalue weighted by molar-refractivity contribution is 0.415. The lowest BCUT2D eigenvalue weighted by Gasteiger charge is -2.02. The molecule has 1 aliphatic carbocycles. The molecule has 3 rings (SSSR count). The van der Waals surface area contributed by atoms with Gasteiger partial charge in [-0.05, 0) is 30.9 Å². The van der Waals surface area contributed by atoms with Crippen LogP contribution in [-0.2, 0) is 0 Å². The van der Waals surface area contributed by atoms with Crippen LogP contribution in [0.1, 0.15) is 24.8 Å². The van der Waals surface area contributed by atoms with Gasteiger partial charge in [0.15, 0.2) is 5.58 Å². The Balaban J connectivity index is 2.01. The predicted molar refractivity (Wildman–Crippen MR) is 60.2 cm³/mol. The molecule has 2 aromatic rings. The van der Waals surface area contributed by atoms with E-state index < -0.39 is 0 Å². The van der Waals surface area contributed by atoms with Gasteiger partial charge in [-0.25, -0.2) is 4.98 Å². The first-order valence-electron chi connectivity index (χ1n) is 5.48. The van der Waals surface area contributed by atoms with Gasteiger partial charge in [0, 0.05) is 6.07 Å². The van der Waals surface area contributed by atoms with E-state index in [1.165, 1.54) is 12.8 Å². The Morgan fingerprint density at radius 3 is 3.00 bits per heavy atom. The van der Waals surface area contributed by atoms with Gasteiger partial charge < -0.3 is 14.9 Å². The zero-order chi connectivity index (χ0) is 11.1. The van der Waals surface area contributed by atoms with Gasteiger partial charge in [0.2, 0.25) is 5.89 Å². The Morgan fingerprint density at radius 2 is 2.31 bits per heavy atom. The summed E-state index contributed by atoms with van der Waals surface area (Å²) < 4.78 is 10.8. The molecule has 0 spiro atoms. The molecule has 0 aliphatic heterocycles. The third kappa shape index (κ3) is 1.55. The van der Waals surface area contributed by atoms with Crippen molar-refractivity contribution in [3.8, 4) is 5.75 Å². The molecule has 84 valence electrons. The van der Waals surface area contributed by atoms with Gasteiger partial charge in [-0.15, -0.1) is 0 Å². The van der Waals surface area contributed by atoms with Gasteiger partial charge >= 0.3 is 0 Å². The molecule has 1 heterocycles. The van der Waals surface area contributed by atoms with E-state index in [4.69, 9.17) is 14.9 Å². The third-order valence-corrected chi connectivity index (χ3v) is 3.03. The Bertz CT molecular complexity index is 517. The van der Waals surface area contributed by atoms with Crippen LogP contribution < -0.4 is 10.5 Å². The Kier molecular flexibility index (Phi) is 2.11. The molecule has 0 saturated heterocycles. The SMILES string of the molecule is COc1ccc2oc(C(N)C3CC3)nc2c1. The number of oxazole rings is 1. The Labute approximate surface area is 93.4 Å². The molecular weight excluding hydrogens is 204 g/mol. The number of hydrogen-bond acceptors (Lipinski definition) is 4. The van der Waals surface area contributed by atoms with Gasteiger partial charge in [-0.1, -0.05) is 0 Å². The molecule has 16 heavy (non-hydrogen) atoms. The van der Waals surface area contributed by atoms with E-state index in [2.05, 4.69) is 4.98 Å². The lowest BCUT2D eigenvalue weighted by Crippen LogP contribution is -2.12. The highest BCUT2D eigenvalue weighted by Gasteiger charge is 2.32. The van der Waals surface area contributed by atoms with Crippen molar-refractivity contribution in [2.24, 2.45) is 11.7 Å². The fourth-order valence-electron chi connectivity index (χ4n) is 1.85. The molecule has 1 unspecified atom stereocenters. The molecule has 4 heteroatoms. The van der Waals surface area contributed by atoms with Crippen molar-refractivity contribution in [2.75, 3.05) is 7.11 Å². The molecule has 1 saturated carbocycles. The molecule has 0 radical (unpaired) electrons. The number of methoxy groups -OCH3 is 1. The van der Waals surface area contributed by atoms with Crippen LogP contribution >= 0.6 is 0 Å². The summed E-state index contributed by atoms with van der Waals surface area (Å²) in [6, 6.07) is 5.53. The largest absolute Gasteiger partial charge is 0.497 e. The quantitative estimate of drug-likeness (QED) is 0.858. The first-order chi connectivity index (χ1) is 7.78. The molecule has 0 bridgehead atoms. The highest BCUT2D eigenvalue weighted by atomic mass is 16.5. The maximum absolute atomic E-state index is 6.05. The maximum Gasteiger partial charge on any atom is 0.212 e. The van der Waals surface area contributed by atoms with E-state index in [1.807, 2.05) is 18.2 Å². The van der Waals surface area contributed by atoms with Crippen molar-refractivity contribution >= 4 is 11.1 Å². The molecule has 2 N–H and O–H groups in total. The molecule has 1 fully saturated rings. The van der Waals surface area contributed by atoms with E-state index in [0.29, 0.717) is 11.8 Å². The number of rotatable bonds is 3. The third-order valence-electron chi connectivity index (χ3n) is 3.03. The molecule has 0 amide bonds. The monoisotopic (exact) mass is 218 g/mol. The number of fused-ring (bicyclic) bond motifs is 1. The number of nitrogens with zero attached hydrogens (tertiary/aromatic N) is 1. The fourth-order valence-corrected chi connectivity index (χ4v) is 1.85. The number of aromatic nitrogens is 1. The van der Waals surface area contributed by atoms with Crippen molar-refractivity contribution in [1.29, 1.82) is 0 Å². The second-order valence-corrected chi connectivity index (χ2v) is 4.25. The average Bonchev–Trinajstić information content (AvgIpc) is 3.06. The maximum atomic E-state index is 6.05. The first kappa shape index (κ1) is 9.66. The molecule has 1 aromatic carbocycles. The van der Waals surface area contributed by atoms with Crippen LogP contribution in [0, 0.1) is 5.92 Å². The van der Waals surface area contributed by atoms with E-state index >= 15 is 0 Å². The minimum absolute atomic E-state index is 0.0570. The second kappa shape index (κ2) is 3.49. The minimum atomic E-state index is -0.0570. The summed E-state index contributed by atoms with van der Waals surface area (Å²) in [5.41, 5.74) is 7.63. The topological polar surface area (TPSA) is 61.3 Å². The van der Waals surface area contributed by atoms with Crippen LogP contribution in [0.25, 0.3) is 11.1 Å². The number of ether oxygens (including phenoxy) is 1. The van der Waals surface area contributed by atoms with Crippen LogP contribution in [0.3, 0.4) is 0 Å². The molecule has 1 aromatic heterocycles. The smallest absolute Gasteiger partial charge is 0.212 e. The Morgan fingerprint density at radius 1 is 1.50 bits per heavy atom. The Hall–Kier alpha value is -1.55. The van der Waals surface area contributed by atoms with Crippen molar-refractivity contribution < 1.29 is 9.15 Å². The molecule has 1 aliphatic rings.